The third kappa shape index (κ3) is 4.69. The zero-order valence-corrected chi connectivity index (χ0v) is 22.8. The second-order valence-corrected chi connectivity index (χ2v) is 11.6. The van der Waals surface area contributed by atoms with E-state index in [2.05, 4.69) is 83.0 Å². The van der Waals surface area contributed by atoms with Crippen LogP contribution in [-0.2, 0) is 4.79 Å². The molecule has 4 aromatic carbocycles. The average molecular weight is 544 g/mol. The Hall–Kier alpha value is -4.29. The number of amides is 1. The Bertz CT molecular complexity index is 1560. The summed E-state index contributed by atoms with van der Waals surface area (Å²) in [7, 11) is 0. The fourth-order valence-corrected chi connectivity index (χ4v) is 7.07. The molecule has 0 unspecified atom stereocenters. The Labute approximate surface area is 238 Å². The third-order valence-corrected chi connectivity index (χ3v) is 8.98. The zero-order valence-electron chi connectivity index (χ0n) is 22.0. The predicted molar refractivity (Wildman–Crippen MR) is 163 cm³/mol. The van der Waals surface area contributed by atoms with Crippen molar-refractivity contribution >= 4 is 40.3 Å². The minimum Gasteiger partial charge on any atom is -0.508 e. The molecule has 0 saturated carbocycles. The molecule has 5 nitrogen and oxygen atoms in total. The summed E-state index contributed by atoms with van der Waals surface area (Å²) in [6.45, 7) is 2.10. The lowest BCUT2D eigenvalue weighted by Crippen LogP contribution is -2.37. The molecule has 0 bridgehead atoms. The van der Waals surface area contributed by atoms with E-state index >= 15 is 0 Å². The lowest BCUT2D eigenvalue weighted by atomic mass is 9.76. The molecule has 2 atom stereocenters. The second-order valence-electron chi connectivity index (χ2n) is 10.5. The fraction of sp³-hybridized carbons (Fsp3) is 0.176. The molecule has 0 aliphatic carbocycles. The molecule has 0 radical (unpaired) electrons. The predicted octanol–water partition coefficient (Wildman–Crippen LogP) is 7.16. The van der Waals surface area contributed by atoms with Gasteiger partial charge >= 0.3 is 0 Å². The molecule has 1 amide bonds. The van der Waals surface area contributed by atoms with Gasteiger partial charge in [0.15, 0.2) is 5.17 Å². The van der Waals surface area contributed by atoms with E-state index in [4.69, 9.17) is 4.99 Å². The summed E-state index contributed by atoms with van der Waals surface area (Å²) < 4.78 is 0. The van der Waals surface area contributed by atoms with E-state index in [1.165, 1.54) is 39.7 Å². The van der Waals surface area contributed by atoms with Crippen molar-refractivity contribution in [3.63, 3.8) is 0 Å². The maximum Gasteiger partial charge on any atom is 0.264 e. The number of carbonyl (C=O) groups is 1. The Kier molecular flexibility index (Phi) is 6.40. The molecule has 1 saturated heterocycles. The number of aliphatic imine (C=N–C) groups is 1. The molecule has 4 aromatic rings. The van der Waals surface area contributed by atoms with Crippen molar-refractivity contribution in [2.24, 2.45) is 4.99 Å². The maximum atomic E-state index is 12.8. The van der Waals surface area contributed by atoms with E-state index in [9.17, 15) is 9.90 Å². The van der Waals surface area contributed by atoms with Crippen molar-refractivity contribution < 1.29 is 9.90 Å². The van der Waals surface area contributed by atoms with Crippen molar-refractivity contribution in [1.29, 1.82) is 0 Å². The molecule has 7 rings (SSSR count). The van der Waals surface area contributed by atoms with Crippen LogP contribution in [0.3, 0.4) is 0 Å². The summed E-state index contributed by atoms with van der Waals surface area (Å²) in [4.78, 5) is 20.9. The van der Waals surface area contributed by atoms with Crippen LogP contribution >= 0.6 is 11.8 Å². The van der Waals surface area contributed by atoms with Gasteiger partial charge in [-0.05, 0) is 82.8 Å². The van der Waals surface area contributed by atoms with E-state index in [1.54, 1.807) is 24.3 Å². The van der Waals surface area contributed by atoms with Gasteiger partial charge in [0, 0.05) is 30.6 Å². The fourth-order valence-electron chi connectivity index (χ4n) is 6.22. The number of nitrogens with one attached hydrogen (secondary N) is 1. The average Bonchev–Trinajstić information content (AvgIpc) is 3.33. The molecule has 3 aliphatic rings. The normalized spacial score (nSPS) is 21.9. The van der Waals surface area contributed by atoms with Gasteiger partial charge in [-0.2, -0.15) is 0 Å². The largest absolute Gasteiger partial charge is 0.508 e. The first-order valence-electron chi connectivity index (χ1n) is 13.7. The highest BCUT2D eigenvalue weighted by molar-refractivity contribution is 8.18. The molecular weight excluding hydrogens is 514 g/mol. The van der Waals surface area contributed by atoms with Gasteiger partial charge < -0.3 is 15.3 Å². The molecule has 1 fully saturated rings. The molecule has 3 aliphatic heterocycles. The van der Waals surface area contributed by atoms with Crippen molar-refractivity contribution in [2.75, 3.05) is 18.0 Å². The van der Waals surface area contributed by atoms with Crippen LogP contribution in [0, 0.1) is 0 Å². The summed E-state index contributed by atoms with van der Waals surface area (Å²) in [6, 6.07) is 32.9. The van der Waals surface area contributed by atoms with Gasteiger partial charge in [0.25, 0.3) is 5.91 Å². The van der Waals surface area contributed by atoms with Crippen molar-refractivity contribution in [3.8, 4) is 5.75 Å². The monoisotopic (exact) mass is 543 g/mol. The first-order valence-corrected chi connectivity index (χ1v) is 14.6. The van der Waals surface area contributed by atoms with Crippen LogP contribution in [0.15, 0.2) is 107 Å². The number of nitrogens with zero attached hydrogens (tertiary/aromatic N) is 2. The van der Waals surface area contributed by atoms with Crippen molar-refractivity contribution in [2.45, 2.75) is 24.7 Å². The van der Waals surface area contributed by atoms with Crippen LogP contribution in [0.25, 0.3) is 6.08 Å². The van der Waals surface area contributed by atoms with Crippen LogP contribution in [0.4, 0.5) is 11.4 Å². The molecular formula is C34H29N3O2S. The number of phenols is 1. The van der Waals surface area contributed by atoms with E-state index in [-0.39, 0.29) is 11.7 Å². The summed E-state index contributed by atoms with van der Waals surface area (Å²) >= 11 is 1.35. The molecule has 198 valence electrons. The third-order valence-electron chi connectivity index (χ3n) is 8.07. The highest BCUT2D eigenvalue weighted by Crippen LogP contribution is 2.50. The van der Waals surface area contributed by atoms with Gasteiger partial charge in [0.1, 0.15) is 5.75 Å². The zero-order chi connectivity index (χ0) is 27.1. The summed E-state index contributed by atoms with van der Waals surface area (Å²) in [6.07, 6.45) is 3.96. The SMILES string of the molecule is O=C1NC(=Nc2cc3c4c(c2)[C@@H](c2ccccc2)CCN4CC[C@@H]3c2ccccc2)S/C1=C\c1ccc(O)cc1. The molecule has 0 aromatic heterocycles. The van der Waals surface area contributed by atoms with Gasteiger partial charge in [-0.25, -0.2) is 4.99 Å². The van der Waals surface area contributed by atoms with E-state index < -0.39 is 0 Å². The van der Waals surface area contributed by atoms with Crippen LogP contribution in [-0.4, -0.2) is 29.3 Å². The summed E-state index contributed by atoms with van der Waals surface area (Å²) in [5.41, 5.74) is 8.39. The molecule has 2 N–H and O–H groups in total. The maximum absolute atomic E-state index is 12.8. The lowest BCUT2D eigenvalue weighted by molar-refractivity contribution is -0.115. The number of amidine groups is 1. The topological polar surface area (TPSA) is 64.9 Å². The molecule has 0 spiro atoms. The lowest BCUT2D eigenvalue weighted by Gasteiger charge is -2.43. The van der Waals surface area contributed by atoms with Gasteiger partial charge in [-0.15, -0.1) is 0 Å². The summed E-state index contributed by atoms with van der Waals surface area (Å²) in [5.74, 6) is 0.644. The Morgan fingerprint density at radius 3 is 1.98 bits per heavy atom. The van der Waals surface area contributed by atoms with Gasteiger partial charge in [-0.3, -0.25) is 4.79 Å². The number of phenolic OH excluding ortho intramolecular Hbond substituents is 1. The van der Waals surface area contributed by atoms with E-state index in [1.807, 2.05) is 6.08 Å². The standard InChI is InChI=1S/C34H29N3O2S/c38-26-13-11-22(12-14-26)19-31-33(39)36-34(40-31)35-25-20-29-27(23-7-3-1-4-8-23)15-17-37-18-16-28(30(21-25)32(29)37)24-9-5-2-6-10-24/h1-14,19-21,27-28,38H,15-18H2,(H,35,36,39)/b31-19-/t27-,28-/m1/s1. The minimum absolute atomic E-state index is 0.161. The summed E-state index contributed by atoms with van der Waals surface area (Å²) in [5, 5.41) is 13.1. The van der Waals surface area contributed by atoms with Crippen LogP contribution < -0.4 is 10.2 Å². The number of hydrogen-bond donors (Lipinski definition) is 2. The molecule has 3 heterocycles. The highest BCUT2D eigenvalue weighted by Gasteiger charge is 2.35. The first kappa shape index (κ1) is 24.7. The van der Waals surface area contributed by atoms with Crippen LogP contribution in [0.2, 0.25) is 0 Å². The number of anilines is 1. The number of benzene rings is 4. The quantitative estimate of drug-likeness (QED) is 0.268. The molecule has 40 heavy (non-hydrogen) atoms. The van der Waals surface area contributed by atoms with Gasteiger partial charge in [0.05, 0.1) is 10.6 Å². The van der Waals surface area contributed by atoms with E-state index in [0.29, 0.717) is 21.9 Å². The number of hydrogen-bond acceptors (Lipinski definition) is 5. The number of carbonyl (C=O) groups excluding carboxylic acids is 1. The highest BCUT2D eigenvalue weighted by atomic mass is 32.2. The number of thioether (sulfide) groups is 1. The first-order chi connectivity index (χ1) is 19.6. The van der Waals surface area contributed by atoms with E-state index in [0.717, 1.165) is 37.2 Å². The molecule has 6 heteroatoms. The van der Waals surface area contributed by atoms with Gasteiger partial charge in [0.2, 0.25) is 0 Å². The Morgan fingerprint density at radius 2 is 1.40 bits per heavy atom. The Balaban J connectivity index is 1.31. The smallest absolute Gasteiger partial charge is 0.264 e. The number of rotatable bonds is 4. The van der Waals surface area contributed by atoms with Crippen LogP contribution in [0.5, 0.6) is 5.75 Å². The second kappa shape index (κ2) is 10.4. The Morgan fingerprint density at radius 1 is 0.825 bits per heavy atom. The van der Waals surface area contributed by atoms with Crippen molar-refractivity contribution in [1.82, 2.24) is 5.32 Å². The van der Waals surface area contributed by atoms with Crippen molar-refractivity contribution in [3.05, 3.63) is 130 Å². The van der Waals surface area contributed by atoms with Crippen LogP contribution in [0.1, 0.15) is 52.5 Å². The van der Waals surface area contributed by atoms with Gasteiger partial charge in [-0.1, -0.05) is 72.8 Å². The minimum atomic E-state index is -0.161. The number of aromatic hydroxyl groups is 1.